The van der Waals surface area contributed by atoms with Crippen LogP contribution >= 0.6 is 0 Å². The molecule has 25 heteroatoms. The molecule has 406 valence electrons. The third-order valence-corrected chi connectivity index (χ3v) is 12.0. The number of halogens is 12. The van der Waals surface area contributed by atoms with E-state index < -0.39 is 104 Å². The quantitative estimate of drug-likeness (QED) is 0.0330. The predicted molar refractivity (Wildman–Crippen MR) is 248 cm³/mol. The van der Waals surface area contributed by atoms with Crippen LogP contribution in [0.25, 0.3) is 0 Å². The van der Waals surface area contributed by atoms with Crippen molar-refractivity contribution in [2.45, 2.75) is 62.1 Å². The molecule has 0 saturated heterocycles. The highest BCUT2D eigenvalue weighted by Gasteiger charge is 2.72. The molecule has 0 unspecified atom stereocenters. The van der Waals surface area contributed by atoms with Crippen LogP contribution in [0, 0.1) is 0 Å². The van der Waals surface area contributed by atoms with Gasteiger partial charge in [-0.1, -0.05) is 38.1 Å². The number of aromatic carboxylic acids is 1. The number of carboxylic acids is 1. The number of hydrogen-bond acceptors (Lipinski definition) is 11. The van der Waals surface area contributed by atoms with Crippen LogP contribution < -0.4 is 24.8 Å². The first-order valence-electron chi connectivity index (χ1n) is 21.8. The first-order chi connectivity index (χ1) is 35.6. The van der Waals surface area contributed by atoms with Crippen molar-refractivity contribution in [2.75, 3.05) is 17.7 Å². The molecule has 0 aliphatic rings. The van der Waals surface area contributed by atoms with Crippen molar-refractivity contribution in [1.29, 1.82) is 0 Å². The largest absolute Gasteiger partial charge is 0.478 e. The van der Waals surface area contributed by atoms with E-state index in [2.05, 4.69) is 5.32 Å². The Labute approximate surface area is 426 Å². The normalized spacial score (nSPS) is 12.6. The number of benzene rings is 6. The molecule has 0 atom stereocenters. The van der Waals surface area contributed by atoms with Crippen molar-refractivity contribution < 1.29 is 106 Å². The summed E-state index contributed by atoms with van der Waals surface area (Å²) in [5.41, 5.74) is -21.4. The molecule has 0 radical (unpaired) electrons. The zero-order valence-corrected chi connectivity index (χ0v) is 39.8. The topological polar surface area (TPSA) is 198 Å². The van der Waals surface area contributed by atoms with Gasteiger partial charge in [-0.25, -0.2) is 4.79 Å². The Balaban J connectivity index is 1.32. The van der Waals surface area contributed by atoms with E-state index in [9.17, 15) is 92.0 Å². The lowest BCUT2D eigenvalue weighted by atomic mass is 9.78. The number of carboxylic acid groups (broad SMARTS) is 1. The lowest BCUT2D eigenvalue weighted by Crippen LogP contribution is -2.54. The van der Waals surface area contributed by atoms with Crippen LogP contribution in [0.4, 0.5) is 64.1 Å². The third kappa shape index (κ3) is 11.5. The van der Waals surface area contributed by atoms with Crippen LogP contribution in [0.5, 0.6) is 28.7 Å². The van der Waals surface area contributed by atoms with Crippen LogP contribution in [0.15, 0.2) is 121 Å². The molecule has 6 aromatic rings. The average Bonchev–Trinajstić information content (AvgIpc) is 3.36. The van der Waals surface area contributed by atoms with Gasteiger partial charge in [0, 0.05) is 46.1 Å². The van der Waals surface area contributed by atoms with Crippen molar-refractivity contribution in [3.05, 3.63) is 171 Å². The van der Waals surface area contributed by atoms with E-state index in [1.807, 2.05) is 19.2 Å². The first-order valence-corrected chi connectivity index (χ1v) is 21.8. The number of carbonyl (C=O) groups is 5. The Morgan fingerprint density at radius 2 is 0.909 bits per heavy atom. The van der Waals surface area contributed by atoms with Crippen molar-refractivity contribution in [1.82, 2.24) is 0 Å². The van der Waals surface area contributed by atoms with Crippen molar-refractivity contribution in [3.63, 3.8) is 0 Å². The number of aliphatic hydroxyl groups is 2. The zero-order chi connectivity index (χ0) is 57.4. The molecule has 13 nitrogen and oxygen atoms in total. The second-order valence-corrected chi connectivity index (χ2v) is 17.4. The molecular weight excluding hydrogens is 1060 g/mol. The van der Waals surface area contributed by atoms with E-state index >= 15 is 0 Å². The smallest absolute Gasteiger partial charge is 0.430 e. The van der Waals surface area contributed by atoms with Crippen molar-refractivity contribution in [3.8, 4) is 28.7 Å². The van der Waals surface area contributed by atoms with Crippen LogP contribution in [0.3, 0.4) is 0 Å². The van der Waals surface area contributed by atoms with Gasteiger partial charge in [0.2, 0.25) is 0 Å². The van der Waals surface area contributed by atoms with Crippen LogP contribution in [-0.2, 0) is 21.4 Å². The van der Waals surface area contributed by atoms with Gasteiger partial charge in [0.05, 0.1) is 16.7 Å². The van der Waals surface area contributed by atoms with Gasteiger partial charge in [-0.05, 0) is 115 Å². The molecule has 6 rings (SSSR count). The number of alkyl halides is 12. The number of ether oxygens (including phenoxy) is 3. The molecule has 0 heterocycles. The van der Waals surface area contributed by atoms with Gasteiger partial charge in [0.25, 0.3) is 23.6 Å². The van der Waals surface area contributed by atoms with E-state index in [0.29, 0.717) is 17.9 Å². The summed E-state index contributed by atoms with van der Waals surface area (Å²) in [6.45, 7) is 5.24. The highest BCUT2D eigenvalue weighted by atomic mass is 19.4. The highest BCUT2D eigenvalue weighted by Crippen LogP contribution is 2.52. The molecule has 77 heavy (non-hydrogen) atoms. The summed E-state index contributed by atoms with van der Waals surface area (Å²) in [4.78, 5) is 62.9. The minimum atomic E-state index is -6.67. The van der Waals surface area contributed by atoms with Crippen LogP contribution in [-0.4, -0.2) is 77.0 Å². The molecule has 0 aliphatic carbocycles. The fraction of sp³-hybridized carbons (Fsp3) is 0.212. The Bertz CT molecular complexity index is 3230. The van der Waals surface area contributed by atoms with Crippen LogP contribution in [0.1, 0.15) is 90.0 Å². The highest BCUT2D eigenvalue weighted by molar-refractivity contribution is 6.13. The predicted octanol–water partition coefficient (Wildman–Crippen LogP) is 12.2. The molecule has 0 aliphatic heterocycles. The Kier molecular flexibility index (Phi) is 15.7. The minimum Gasteiger partial charge on any atom is -0.478 e. The van der Waals surface area contributed by atoms with Gasteiger partial charge in [0.15, 0.2) is 11.6 Å². The summed E-state index contributed by atoms with van der Waals surface area (Å²) in [5, 5.41) is 34.3. The van der Waals surface area contributed by atoms with Gasteiger partial charge < -0.3 is 40.2 Å². The van der Waals surface area contributed by atoms with E-state index in [0.717, 1.165) is 36.4 Å². The number of rotatable bonds is 17. The minimum absolute atomic E-state index is 0.0500. The Morgan fingerprint density at radius 1 is 0.506 bits per heavy atom. The molecule has 1 amide bonds. The molecule has 0 fully saturated rings. The van der Waals surface area contributed by atoms with Crippen LogP contribution in [0.2, 0.25) is 0 Å². The Morgan fingerprint density at radius 3 is 1.31 bits per heavy atom. The average molecular weight is 1090 g/mol. The van der Waals surface area contributed by atoms with Gasteiger partial charge in [-0.3, -0.25) is 19.2 Å². The van der Waals surface area contributed by atoms with E-state index in [1.54, 1.807) is 36.4 Å². The summed E-state index contributed by atoms with van der Waals surface area (Å²) in [5.74, 6) is -5.16. The fourth-order valence-corrected chi connectivity index (χ4v) is 7.77. The summed E-state index contributed by atoms with van der Waals surface area (Å²) >= 11 is 0. The fourth-order valence-electron chi connectivity index (χ4n) is 7.77. The summed E-state index contributed by atoms with van der Waals surface area (Å²) in [6, 6.07) is 20.6. The maximum Gasteiger partial charge on any atom is 0.430 e. The molecule has 6 aromatic carbocycles. The van der Waals surface area contributed by atoms with Crippen molar-refractivity contribution in [2.24, 2.45) is 0 Å². The molecule has 0 aromatic heterocycles. The van der Waals surface area contributed by atoms with Gasteiger partial charge in [-0.15, -0.1) is 0 Å². The van der Waals surface area contributed by atoms with E-state index in [1.165, 1.54) is 37.3 Å². The summed E-state index contributed by atoms with van der Waals surface area (Å²) in [6.07, 6.45) is -26.4. The first kappa shape index (κ1) is 57.8. The number of nitrogens with one attached hydrogen (secondary N) is 2. The number of hydrogen-bond donors (Lipinski definition) is 5. The Hall–Kier alpha value is -8.45. The number of Topliss-reactive ketones (excluding diaryl/α,β-unsaturated/α-hetero) is 1. The number of carbonyl (C=O) groups excluding carboxylic acids is 4. The van der Waals surface area contributed by atoms with Gasteiger partial charge in [-0.2, -0.15) is 52.7 Å². The molecule has 5 N–H and O–H groups in total. The standard InChI is InChI=1S/C52H38F12N2O11/c1-26(68)40-23-38(14-16-42(40)75-25-67)77-36-11-7-30(8-12-36)46(2,3)29-5-9-35(10-6-29)76-37-13-15-39(45(71)72)41(24-37)44(70)66-34-20-28(18-32(22-34)48(74,51(59,60)61)52(62,63)64)43(69)27-17-31(21-33(19-27)65-4)47(73,49(53,54)55)50(56,57)58/h5-25,65,73-74H,1-4H3,(H,66,70)(H,71,72). The molecule has 0 spiro atoms. The number of amides is 1. The van der Waals surface area contributed by atoms with E-state index in [-0.39, 0.29) is 65.1 Å². The third-order valence-electron chi connectivity index (χ3n) is 12.0. The molecule has 0 saturated carbocycles. The van der Waals surface area contributed by atoms with Crippen molar-refractivity contribution >= 4 is 41.3 Å². The molecule has 0 bridgehead atoms. The second-order valence-electron chi connectivity index (χ2n) is 17.4. The molecular formula is C52H38F12N2O11. The van der Waals surface area contributed by atoms with E-state index in [4.69, 9.17) is 14.2 Å². The maximum atomic E-state index is 14.3. The second kappa shape index (κ2) is 20.9. The maximum absolute atomic E-state index is 14.3. The SMILES string of the molecule is CNc1cc(C(=O)c2cc(NC(=O)c3cc(Oc4ccc(C(C)(C)c5ccc(Oc6ccc(OC=O)c(C(C)=O)c6)cc5)cc4)ccc3C(=O)O)cc(C(O)(C(F)(F)F)C(F)(F)F)c2)cc(C(O)(C(F)(F)F)C(F)(F)F)c1. The monoisotopic (exact) mass is 1090 g/mol. The lowest BCUT2D eigenvalue weighted by molar-refractivity contribution is -0.376. The summed E-state index contributed by atoms with van der Waals surface area (Å²) in [7, 11) is 0.922. The lowest BCUT2D eigenvalue weighted by Gasteiger charge is -2.33. The number of anilines is 2. The number of ketones is 2. The summed E-state index contributed by atoms with van der Waals surface area (Å²) < 4.78 is 186. The zero-order valence-electron chi connectivity index (χ0n) is 39.8. The van der Waals surface area contributed by atoms with Gasteiger partial charge >= 0.3 is 30.7 Å². The van der Waals surface area contributed by atoms with Gasteiger partial charge in [0.1, 0.15) is 28.7 Å².